The maximum atomic E-state index is 12.6. The first kappa shape index (κ1) is 14.7. The summed E-state index contributed by atoms with van der Waals surface area (Å²) in [6, 6.07) is 5.50. The van der Waals surface area contributed by atoms with E-state index in [0.29, 0.717) is 19.7 Å². The van der Waals surface area contributed by atoms with Gasteiger partial charge >= 0.3 is 6.03 Å². The van der Waals surface area contributed by atoms with E-state index < -0.39 is 0 Å². The summed E-state index contributed by atoms with van der Waals surface area (Å²) < 4.78 is 9.43. The van der Waals surface area contributed by atoms with Gasteiger partial charge in [0.05, 0.1) is 24.5 Å². The molecule has 1 fully saturated rings. The van der Waals surface area contributed by atoms with Crippen LogP contribution in [0.25, 0.3) is 5.65 Å². The van der Waals surface area contributed by atoms with Crippen LogP contribution in [0.1, 0.15) is 11.8 Å². The zero-order chi connectivity index (χ0) is 16.5. The molecule has 3 aromatic heterocycles. The SMILES string of the molecule is Cn1nccc1C1CN(C(=O)Nc2ccc3nccn3c2)CCO1. The van der Waals surface area contributed by atoms with Crippen LogP contribution in [0.2, 0.25) is 0 Å². The Kier molecular flexibility index (Phi) is 3.66. The number of hydrogen-bond donors (Lipinski definition) is 1. The van der Waals surface area contributed by atoms with Crippen molar-refractivity contribution >= 4 is 17.4 Å². The Labute approximate surface area is 138 Å². The summed E-state index contributed by atoms with van der Waals surface area (Å²) in [5, 5.41) is 7.10. The number of morpholine rings is 1. The van der Waals surface area contributed by atoms with Gasteiger partial charge in [-0.25, -0.2) is 9.78 Å². The summed E-state index contributed by atoms with van der Waals surface area (Å²) in [6.45, 7) is 1.57. The Bertz CT molecular complexity index is 870. The van der Waals surface area contributed by atoms with Crippen LogP contribution in [-0.4, -0.2) is 49.8 Å². The second kappa shape index (κ2) is 5.97. The number of urea groups is 1. The lowest BCUT2D eigenvalue weighted by atomic mass is 10.2. The lowest BCUT2D eigenvalue weighted by Gasteiger charge is -2.32. The largest absolute Gasteiger partial charge is 0.368 e. The number of ether oxygens (including phenoxy) is 1. The van der Waals surface area contributed by atoms with Crippen molar-refractivity contribution in [3.63, 3.8) is 0 Å². The summed E-state index contributed by atoms with van der Waals surface area (Å²) in [5.74, 6) is 0. The van der Waals surface area contributed by atoms with E-state index in [4.69, 9.17) is 4.74 Å². The van der Waals surface area contributed by atoms with Crippen LogP contribution >= 0.6 is 0 Å². The van der Waals surface area contributed by atoms with Crippen molar-refractivity contribution < 1.29 is 9.53 Å². The minimum atomic E-state index is -0.159. The molecule has 0 radical (unpaired) electrons. The van der Waals surface area contributed by atoms with Crippen molar-refractivity contribution in [1.29, 1.82) is 0 Å². The number of imidazole rings is 1. The number of amides is 2. The molecule has 3 aromatic rings. The van der Waals surface area contributed by atoms with E-state index in [0.717, 1.165) is 17.0 Å². The summed E-state index contributed by atoms with van der Waals surface area (Å²) in [6.07, 6.45) is 6.99. The van der Waals surface area contributed by atoms with Gasteiger partial charge in [0.2, 0.25) is 0 Å². The molecular formula is C16H18N6O2. The first-order valence-corrected chi connectivity index (χ1v) is 7.79. The van der Waals surface area contributed by atoms with E-state index in [2.05, 4.69) is 15.4 Å². The van der Waals surface area contributed by atoms with Crippen molar-refractivity contribution in [2.45, 2.75) is 6.10 Å². The van der Waals surface area contributed by atoms with Gasteiger partial charge < -0.3 is 19.4 Å². The maximum Gasteiger partial charge on any atom is 0.322 e. The Balaban J connectivity index is 1.46. The molecule has 24 heavy (non-hydrogen) atoms. The van der Waals surface area contributed by atoms with Crippen LogP contribution in [0.3, 0.4) is 0 Å². The van der Waals surface area contributed by atoms with Crippen molar-refractivity contribution in [3.8, 4) is 0 Å². The van der Waals surface area contributed by atoms with Crippen molar-refractivity contribution in [2.75, 3.05) is 25.0 Å². The average Bonchev–Trinajstić information content (AvgIpc) is 3.23. The second-order valence-corrected chi connectivity index (χ2v) is 5.73. The van der Waals surface area contributed by atoms with E-state index in [-0.39, 0.29) is 12.1 Å². The van der Waals surface area contributed by atoms with E-state index in [1.807, 2.05) is 42.0 Å². The summed E-state index contributed by atoms with van der Waals surface area (Å²) in [5.41, 5.74) is 2.54. The first-order chi connectivity index (χ1) is 11.7. The number of rotatable bonds is 2. The second-order valence-electron chi connectivity index (χ2n) is 5.73. The van der Waals surface area contributed by atoms with Gasteiger partial charge in [-0.2, -0.15) is 5.10 Å². The molecule has 0 aromatic carbocycles. The van der Waals surface area contributed by atoms with Crippen LogP contribution in [0.4, 0.5) is 10.5 Å². The molecule has 124 valence electrons. The molecule has 4 rings (SSSR count). The summed E-state index contributed by atoms with van der Waals surface area (Å²) in [7, 11) is 1.87. The predicted octanol–water partition coefficient (Wildman–Crippen LogP) is 1.67. The van der Waals surface area contributed by atoms with E-state index in [1.165, 1.54) is 0 Å². The third-order valence-electron chi connectivity index (χ3n) is 4.18. The van der Waals surface area contributed by atoms with Crippen molar-refractivity contribution in [2.24, 2.45) is 7.05 Å². The number of nitrogens with zero attached hydrogens (tertiary/aromatic N) is 5. The topological polar surface area (TPSA) is 76.7 Å². The number of aromatic nitrogens is 4. The molecular weight excluding hydrogens is 308 g/mol. The molecule has 2 amide bonds. The van der Waals surface area contributed by atoms with Gasteiger partial charge in [-0.15, -0.1) is 0 Å². The number of aryl methyl sites for hydroxylation is 1. The molecule has 0 saturated carbocycles. The fourth-order valence-corrected chi connectivity index (χ4v) is 2.91. The molecule has 1 N–H and O–H groups in total. The highest BCUT2D eigenvalue weighted by Crippen LogP contribution is 2.22. The zero-order valence-electron chi connectivity index (χ0n) is 13.3. The maximum absolute atomic E-state index is 12.6. The Hall–Kier alpha value is -2.87. The molecule has 8 nitrogen and oxygen atoms in total. The zero-order valence-corrected chi connectivity index (χ0v) is 13.3. The Morgan fingerprint density at radius 1 is 1.33 bits per heavy atom. The van der Waals surface area contributed by atoms with Gasteiger partial charge in [-0.1, -0.05) is 0 Å². The average molecular weight is 326 g/mol. The fourth-order valence-electron chi connectivity index (χ4n) is 2.91. The highest BCUT2D eigenvalue weighted by atomic mass is 16.5. The number of anilines is 1. The molecule has 4 heterocycles. The minimum absolute atomic E-state index is 0.134. The van der Waals surface area contributed by atoms with E-state index in [9.17, 15) is 4.79 Å². The highest BCUT2D eigenvalue weighted by molar-refractivity contribution is 5.89. The third-order valence-corrected chi connectivity index (χ3v) is 4.18. The van der Waals surface area contributed by atoms with Crippen LogP contribution in [-0.2, 0) is 11.8 Å². The lowest BCUT2D eigenvalue weighted by molar-refractivity contribution is -0.0175. The smallest absolute Gasteiger partial charge is 0.322 e. The van der Waals surface area contributed by atoms with E-state index in [1.54, 1.807) is 22.0 Å². The Morgan fingerprint density at radius 3 is 3.08 bits per heavy atom. The van der Waals surface area contributed by atoms with Gasteiger partial charge in [0.25, 0.3) is 0 Å². The summed E-state index contributed by atoms with van der Waals surface area (Å²) >= 11 is 0. The molecule has 1 unspecified atom stereocenters. The third kappa shape index (κ3) is 2.71. The quantitative estimate of drug-likeness (QED) is 0.777. The predicted molar refractivity (Wildman–Crippen MR) is 87.7 cm³/mol. The minimum Gasteiger partial charge on any atom is -0.368 e. The van der Waals surface area contributed by atoms with Gasteiger partial charge in [0, 0.05) is 38.4 Å². The van der Waals surface area contributed by atoms with E-state index >= 15 is 0 Å². The Morgan fingerprint density at radius 2 is 2.25 bits per heavy atom. The van der Waals surface area contributed by atoms with Crippen molar-refractivity contribution in [3.05, 3.63) is 48.7 Å². The highest BCUT2D eigenvalue weighted by Gasteiger charge is 2.27. The molecule has 1 saturated heterocycles. The molecule has 0 aliphatic carbocycles. The molecule has 1 atom stereocenters. The molecule has 1 aliphatic rings. The van der Waals surface area contributed by atoms with Gasteiger partial charge in [0.15, 0.2) is 0 Å². The fraction of sp³-hybridized carbons (Fsp3) is 0.312. The number of hydrogen-bond acceptors (Lipinski definition) is 4. The van der Waals surface area contributed by atoms with Crippen LogP contribution < -0.4 is 5.32 Å². The summed E-state index contributed by atoms with van der Waals surface area (Å²) in [4.78, 5) is 18.5. The molecule has 0 bridgehead atoms. The number of carbonyl (C=O) groups excluding carboxylic acids is 1. The monoisotopic (exact) mass is 326 g/mol. The number of nitrogens with one attached hydrogen (secondary N) is 1. The van der Waals surface area contributed by atoms with Gasteiger partial charge in [0.1, 0.15) is 11.8 Å². The standard InChI is InChI=1S/C16H18N6O2/c1-20-13(4-5-18-20)14-11-22(8-9-24-14)16(23)19-12-2-3-15-17-6-7-21(15)10-12/h2-7,10,14H,8-9,11H2,1H3,(H,19,23). The van der Waals surface area contributed by atoms with Crippen LogP contribution in [0, 0.1) is 0 Å². The van der Waals surface area contributed by atoms with Gasteiger partial charge in [-0.05, 0) is 18.2 Å². The lowest BCUT2D eigenvalue weighted by Crippen LogP contribution is -2.44. The molecule has 8 heteroatoms. The first-order valence-electron chi connectivity index (χ1n) is 7.79. The van der Waals surface area contributed by atoms with Crippen LogP contribution in [0.5, 0.6) is 0 Å². The van der Waals surface area contributed by atoms with Gasteiger partial charge in [-0.3, -0.25) is 4.68 Å². The number of carbonyl (C=O) groups is 1. The normalized spacial score (nSPS) is 18.0. The molecule has 0 spiro atoms. The van der Waals surface area contributed by atoms with Crippen LogP contribution in [0.15, 0.2) is 43.0 Å². The number of fused-ring (bicyclic) bond motifs is 1. The molecule has 1 aliphatic heterocycles. The number of pyridine rings is 1. The van der Waals surface area contributed by atoms with Crippen molar-refractivity contribution in [1.82, 2.24) is 24.1 Å².